The van der Waals surface area contributed by atoms with Crippen LogP contribution in [-0.2, 0) is 6.42 Å². The lowest BCUT2D eigenvalue weighted by Crippen LogP contribution is -2.32. The number of phenols is 1. The lowest BCUT2D eigenvalue weighted by Gasteiger charge is -2.23. The van der Waals surface area contributed by atoms with Crippen molar-refractivity contribution in [3.8, 4) is 5.75 Å². The van der Waals surface area contributed by atoms with Crippen molar-refractivity contribution in [3.05, 3.63) is 29.8 Å². The average Bonchev–Trinajstić information content (AvgIpc) is 2.24. The van der Waals surface area contributed by atoms with Gasteiger partial charge in [-0.1, -0.05) is 19.1 Å². The first kappa shape index (κ1) is 14.0. The Labute approximate surface area is 103 Å². The van der Waals surface area contributed by atoms with Crippen LogP contribution in [0.25, 0.3) is 0 Å². The summed E-state index contributed by atoms with van der Waals surface area (Å²) in [6.07, 6.45) is 2.38. The summed E-state index contributed by atoms with van der Waals surface area (Å²) in [5.41, 5.74) is 0.236. The number of rotatable bonds is 7. The fourth-order valence-electron chi connectivity index (χ4n) is 1.85. The van der Waals surface area contributed by atoms with Gasteiger partial charge in [-0.2, -0.15) is 0 Å². The number of hydrogen-bond acceptors (Lipinski definition) is 3. The largest absolute Gasteiger partial charge is 0.508 e. The van der Waals surface area contributed by atoms with Gasteiger partial charge in [0.2, 0.25) is 0 Å². The summed E-state index contributed by atoms with van der Waals surface area (Å²) in [5, 5.41) is 22.9. The molecule has 3 heteroatoms. The van der Waals surface area contributed by atoms with Gasteiger partial charge < -0.3 is 15.5 Å². The Kier molecular flexibility index (Phi) is 5.45. The summed E-state index contributed by atoms with van der Waals surface area (Å²) in [6.45, 7) is 5.77. The van der Waals surface area contributed by atoms with Gasteiger partial charge in [-0.05, 0) is 50.6 Å². The van der Waals surface area contributed by atoms with Gasteiger partial charge in [-0.3, -0.25) is 0 Å². The summed E-state index contributed by atoms with van der Waals surface area (Å²) in [4.78, 5) is 0. The van der Waals surface area contributed by atoms with E-state index in [2.05, 4.69) is 12.2 Å². The Hall–Kier alpha value is -1.06. The minimum absolute atomic E-state index is 0.252. The molecule has 0 saturated heterocycles. The smallest absolute Gasteiger partial charge is 0.115 e. The van der Waals surface area contributed by atoms with E-state index in [4.69, 9.17) is 0 Å². The summed E-state index contributed by atoms with van der Waals surface area (Å²) in [7, 11) is 0. The van der Waals surface area contributed by atoms with Gasteiger partial charge in [0.05, 0.1) is 5.60 Å². The van der Waals surface area contributed by atoms with E-state index in [0.29, 0.717) is 12.8 Å². The Morgan fingerprint density at radius 3 is 2.71 bits per heavy atom. The average molecular weight is 237 g/mol. The summed E-state index contributed by atoms with van der Waals surface area (Å²) in [5.74, 6) is 0.252. The SMILES string of the molecule is CCCNCCC(C)(O)Cc1cccc(O)c1. The van der Waals surface area contributed by atoms with Crippen molar-refractivity contribution >= 4 is 0 Å². The molecule has 17 heavy (non-hydrogen) atoms. The van der Waals surface area contributed by atoms with Crippen LogP contribution >= 0.6 is 0 Å². The Bertz CT molecular complexity index is 337. The van der Waals surface area contributed by atoms with Crippen molar-refractivity contribution in [2.75, 3.05) is 13.1 Å². The molecule has 96 valence electrons. The van der Waals surface area contributed by atoms with Gasteiger partial charge in [0.1, 0.15) is 5.75 Å². The van der Waals surface area contributed by atoms with E-state index >= 15 is 0 Å². The third kappa shape index (κ3) is 5.71. The van der Waals surface area contributed by atoms with Crippen LogP contribution in [0.4, 0.5) is 0 Å². The van der Waals surface area contributed by atoms with Crippen LogP contribution in [-0.4, -0.2) is 28.9 Å². The first-order valence-corrected chi connectivity index (χ1v) is 6.24. The second-order valence-corrected chi connectivity index (χ2v) is 4.84. The maximum atomic E-state index is 10.2. The van der Waals surface area contributed by atoms with Gasteiger partial charge in [0.15, 0.2) is 0 Å². The Morgan fingerprint density at radius 1 is 1.29 bits per heavy atom. The number of phenolic OH excluding ortho intramolecular Hbond substituents is 1. The van der Waals surface area contributed by atoms with E-state index in [9.17, 15) is 10.2 Å². The second kappa shape index (κ2) is 6.62. The summed E-state index contributed by atoms with van der Waals surface area (Å²) in [6, 6.07) is 7.07. The topological polar surface area (TPSA) is 52.5 Å². The monoisotopic (exact) mass is 237 g/mol. The maximum Gasteiger partial charge on any atom is 0.115 e. The summed E-state index contributed by atoms with van der Waals surface area (Å²) >= 11 is 0. The van der Waals surface area contributed by atoms with Crippen molar-refractivity contribution in [2.45, 2.75) is 38.7 Å². The highest BCUT2D eigenvalue weighted by atomic mass is 16.3. The van der Waals surface area contributed by atoms with Crippen LogP contribution in [0.15, 0.2) is 24.3 Å². The molecule has 3 N–H and O–H groups in total. The van der Waals surface area contributed by atoms with Crippen molar-refractivity contribution in [1.82, 2.24) is 5.32 Å². The molecule has 1 atom stereocenters. The third-order valence-electron chi connectivity index (χ3n) is 2.76. The number of nitrogens with one attached hydrogen (secondary N) is 1. The zero-order valence-corrected chi connectivity index (χ0v) is 10.7. The second-order valence-electron chi connectivity index (χ2n) is 4.84. The standard InChI is InChI=1S/C14H23NO2/c1-3-8-15-9-7-14(2,17)11-12-5-4-6-13(16)10-12/h4-6,10,15-17H,3,7-9,11H2,1-2H3. The van der Waals surface area contributed by atoms with Crippen LogP contribution in [0.3, 0.4) is 0 Å². The molecular formula is C14H23NO2. The molecule has 0 aliphatic rings. The molecule has 1 aromatic carbocycles. The number of benzene rings is 1. The van der Waals surface area contributed by atoms with Crippen LogP contribution in [0, 0.1) is 0 Å². The molecule has 0 heterocycles. The third-order valence-corrected chi connectivity index (χ3v) is 2.76. The minimum atomic E-state index is -0.728. The molecule has 0 fully saturated rings. The van der Waals surface area contributed by atoms with E-state index in [-0.39, 0.29) is 5.75 Å². The molecule has 0 amide bonds. The van der Waals surface area contributed by atoms with Gasteiger partial charge in [-0.25, -0.2) is 0 Å². The van der Waals surface area contributed by atoms with Crippen molar-refractivity contribution in [2.24, 2.45) is 0 Å². The van der Waals surface area contributed by atoms with E-state index in [0.717, 1.165) is 25.1 Å². The molecular weight excluding hydrogens is 214 g/mol. The highest BCUT2D eigenvalue weighted by Crippen LogP contribution is 2.19. The van der Waals surface area contributed by atoms with Crippen molar-refractivity contribution in [3.63, 3.8) is 0 Å². The first-order chi connectivity index (χ1) is 8.03. The number of aliphatic hydroxyl groups is 1. The zero-order valence-electron chi connectivity index (χ0n) is 10.7. The molecule has 0 saturated carbocycles. The van der Waals surface area contributed by atoms with E-state index in [1.54, 1.807) is 18.2 Å². The van der Waals surface area contributed by atoms with Gasteiger partial charge >= 0.3 is 0 Å². The molecule has 0 spiro atoms. The molecule has 1 rings (SSSR count). The van der Waals surface area contributed by atoms with E-state index in [1.807, 2.05) is 13.0 Å². The van der Waals surface area contributed by atoms with Gasteiger partial charge in [0, 0.05) is 6.42 Å². The highest BCUT2D eigenvalue weighted by Gasteiger charge is 2.20. The molecule has 0 radical (unpaired) electrons. The van der Waals surface area contributed by atoms with Crippen LogP contribution in [0.5, 0.6) is 5.75 Å². The molecule has 0 aliphatic carbocycles. The highest BCUT2D eigenvalue weighted by molar-refractivity contribution is 5.28. The Morgan fingerprint density at radius 2 is 2.06 bits per heavy atom. The summed E-state index contributed by atoms with van der Waals surface area (Å²) < 4.78 is 0. The minimum Gasteiger partial charge on any atom is -0.508 e. The Balaban J connectivity index is 2.42. The van der Waals surface area contributed by atoms with Crippen LogP contribution < -0.4 is 5.32 Å². The van der Waals surface area contributed by atoms with Crippen molar-refractivity contribution in [1.29, 1.82) is 0 Å². The molecule has 0 aromatic heterocycles. The van der Waals surface area contributed by atoms with Gasteiger partial charge in [-0.15, -0.1) is 0 Å². The van der Waals surface area contributed by atoms with E-state index < -0.39 is 5.60 Å². The zero-order chi connectivity index (χ0) is 12.7. The van der Waals surface area contributed by atoms with Crippen LogP contribution in [0.2, 0.25) is 0 Å². The maximum absolute atomic E-state index is 10.2. The predicted molar refractivity (Wildman–Crippen MR) is 70.2 cm³/mol. The lowest BCUT2D eigenvalue weighted by molar-refractivity contribution is 0.0516. The molecule has 0 aliphatic heterocycles. The molecule has 0 bridgehead atoms. The van der Waals surface area contributed by atoms with E-state index in [1.165, 1.54) is 0 Å². The fraction of sp³-hybridized carbons (Fsp3) is 0.571. The van der Waals surface area contributed by atoms with Crippen LogP contribution in [0.1, 0.15) is 32.3 Å². The quantitative estimate of drug-likeness (QED) is 0.636. The van der Waals surface area contributed by atoms with Gasteiger partial charge in [0.25, 0.3) is 0 Å². The first-order valence-electron chi connectivity index (χ1n) is 6.24. The fourth-order valence-corrected chi connectivity index (χ4v) is 1.85. The number of hydrogen-bond donors (Lipinski definition) is 3. The molecule has 1 aromatic rings. The van der Waals surface area contributed by atoms with Crippen molar-refractivity contribution < 1.29 is 10.2 Å². The normalized spacial score (nSPS) is 14.5. The number of aromatic hydroxyl groups is 1. The molecule has 3 nitrogen and oxygen atoms in total. The predicted octanol–water partition coefficient (Wildman–Crippen LogP) is 2.08. The lowest BCUT2D eigenvalue weighted by atomic mass is 9.93. The molecule has 1 unspecified atom stereocenters.